The third-order valence-corrected chi connectivity index (χ3v) is 5.24. The van der Waals surface area contributed by atoms with Crippen LogP contribution in [-0.4, -0.2) is 19.7 Å². The van der Waals surface area contributed by atoms with Crippen LogP contribution in [-0.2, 0) is 13.1 Å². The maximum absolute atomic E-state index is 14.0. The van der Waals surface area contributed by atoms with Crippen molar-refractivity contribution < 1.29 is 13.5 Å². The summed E-state index contributed by atoms with van der Waals surface area (Å²) < 4.78 is 35.5. The van der Waals surface area contributed by atoms with Crippen LogP contribution in [0.5, 0.6) is 11.5 Å². The molecule has 154 valence electrons. The number of hydrogen-bond acceptors (Lipinski definition) is 4. The van der Waals surface area contributed by atoms with E-state index in [1.807, 2.05) is 42.6 Å². The molecular weight excluding hydrogens is 398 g/mol. The Bertz CT molecular complexity index is 1230. The van der Waals surface area contributed by atoms with Gasteiger partial charge in [0.05, 0.1) is 18.1 Å². The highest BCUT2D eigenvalue weighted by molar-refractivity contribution is 5.74. The van der Waals surface area contributed by atoms with Crippen LogP contribution in [0, 0.1) is 11.6 Å². The van der Waals surface area contributed by atoms with Crippen molar-refractivity contribution in [2.45, 2.75) is 13.1 Å². The molecule has 0 spiro atoms. The lowest BCUT2D eigenvalue weighted by Gasteiger charge is -2.20. The minimum atomic E-state index is -0.852. The maximum Gasteiger partial charge on any atom is 0.201 e. The van der Waals surface area contributed by atoms with Crippen LogP contribution >= 0.6 is 0 Å². The molecule has 0 saturated carbocycles. The van der Waals surface area contributed by atoms with Crippen molar-refractivity contribution in [2.24, 2.45) is 0 Å². The molecule has 0 bridgehead atoms. The molecule has 1 aliphatic rings. The highest BCUT2D eigenvalue weighted by atomic mass is 19.1. The molecule has 31 heavy (non-hydrogen) atoms. The Hall–Kier alpha value is -4.00. The van der Waals surface area contributed by atoms with E-state index in [-0.39, 0.29) is 0 Å². The quantitative estimate of drug-likeness (QED) is 0.441. The average molecular weight is 416 g/mol. The zero-order chi connectivity index (χ0) is 21.4. The van der Waals surface area contributed by atoms with Gasteiger partial charge in [0.1, 0.15) is 5.75 Å². The predicted octanol–water partition coefficient (Wildman–Crippen LogP) is 5.32. The summed E-state index contributed by atoms with van der Waals surface area (Å²) in [7, 11) is 0. The van der Waals surface area contributed by atoms with Gasteiger partial charge in [-0.25, -0.2) is 13.5 Å². The van der Waals surface area contributed by atoms with Gasteiger partial charge >= 0.3 is 0 Å². The molecule has 0 aliphatic carbocycles. The average Bonchev–Trinajstić information content (AvgIpc) is 3.41. The van der Waals surface area contributed by atoms with Gasteiger partial charge < -0.3 is 9.64 Å². The van der Waals surface area contributed by atoms with E-state index >= 15 is 0 Å². The molecule has 5 rings (SSSR count). The van der Waals surface area contributed by atoms with Crippen molar-refractivity contribution >= 4 is 5.70 Å². The van der Waals surface area contributed by atoms with Crippen LogP contribution in [0.15, 0.2) is 79.9 Å². The van der Waals surface area contributed by atoms with E-state index < -0.39 is 17.4 Å². The van der Waals surface area contributed by atoms with Gasteiger partial charge in [-0.15, -0.1) is 0 Å². The lowest BCUT2D eigenvalue weighted by Crippen LogP contribution is -2.14. The van der Waals surface area contributed by atoms with E-state index in [4.69, 9.17) is 4.74 Å². The molecule has 5 nitrogen and oxygen atoms in total. The van der Waals surface area contributed by atoms with Gasteiger partial charge in [0.25, 0.3) is 0 Å². The van der Waals surface area contributed by atoms with Gasteiger partial charge in [0.15, 0.2) is 11.6 Å². The fourth-order valence-corrected chi connectivity index (χ4v) is 3.73. The number of hydrogen-bond donors (Lipinski definition) is 0. The fraction of sp³-hybridized carbons (Fsp3) is 0.0833. The van der Waals surface area contributed by atoms with Crippen molar-refractivity contribution in [1.82, 2.24) is 19.7 Å². The van der Waals surface area contributed by atoms with Gasteiger partial charge in [-0.1, -0.05) is 30.8 Å². The number of ether oxygens (including phenoxy) is 1. The molecule has 2 aromatic heterocycles. The Morgan fingerprint density at radius 1 is 1.00 bits per heavy atom. The largest absolute Gasteiger partial charge is 0.450 e. The van der Waals surface area contributed by atoms with Gasteiger partial charge in [0, 0.05) is 36.7 Å². The third kappa shape index (κ3) is 3.54. The second-order valence-electron chi connectivity index (χ2n) is 7.24. The van der Waals surface area contributed by atoms with Gasteiger partial charge in [-0.05, 0) is 35.4 Å². The molecule has 7 heteroatoms. The SMILES string of the molecule is C=C1c2c(cccc2Oc2c(F)cncc2F)CN1Cc1ccc(-n2cccn2)cc1. The molecule has 0 amide bonds. The number of pyridine rings is 1. The number of halogens is 2. The lowest BCUT2D eigenvalue weighted by atomic mass is 10.1. The Morgan fingerprint density at radius 3 is 2.48 bits per heavy atom. The maximum atomic E-state index is 14.0. The van der Waals surface area contributed by atoms with Crippen molar-refractivity contribution in [3.05, 3.63) is 108 Å². The summed E-state index contributed by atoms with van der Waals surface area (Å²) in [5, 5.41) is 4.24. The van der Waals surface area contributed by atoms with Crippen LogP contribution in [0.4, 0.5) is 8.78 Å². The van der Waals surface area contributed by atoms with Gasteiger partial charge in [-0.3, -0.25) is 4.98 Å². The molecule has 1 aliphatic heterocycles. The van der Waals surface area contributed by atoms with E-state index in [0.29, 0.717) is 18.8 Å². The first-order valence-electron chi connectivity index (χ1n) is 9.72. The molecule has 0 unspecified atom stereocenters. The number of rotatable bonds is 5. The van der Waals surface area contributed by atoms with E-state index in [0.717, 1.165) is 40.5 Å². The topological polar surface area (TPSA) is 43.2 Å². The van der Waals surface area contributed by atoms with Crippen molar-refractivity contribution in [3.63, 3.8) is 0 Å². The smallest absolute Gasteiger partial charge is 0.201 e. The monoisotopic (exact) mass is 416 g/mol. The second kappa shape index (κ2) is 7.68. The Morgan fingerprint density at radius 2 is 1.77 bits per heavy atom. The van der Waals surface area contributed by atoms with Gasteiger partial charge in [-0.2, -0.15) is 5.10 Å². The van der Waals surface area contributed by atoms with Crippen LogP contribution in [0.1, 0.15) is 16.7 Å². The van der Waals surface area contributed by atoms with Crippen molar-refractivity contribution in [1.29, 1.82) is 0 Å². The summed E-state index contributed by atoms with van der Waals surface area (Å²) >= 11 is 0. The molecule has 0 N–H and O–H groups in total. The summed E-state index contributed by atoms with van der Waals surface area (Å²) in [6.07, 6.45) is 5.48. The molecule has 4 aromatic rings. The number of aromatic nitrogens is 3. The van der Waals surface area contributed by atoms with Crippen molar-refractivity contribution in [3.8, 4) is 17.2 Å². The number of nitrogens with zero attached hydrogens (tertiary/aromatic N) is 4. The van der Waals surface area contributed by atoms with Crippen LogP contribution in [0.3, 0.4) is 0 Å². The predicted molar refractivity (Wildman–Crippen MR) is 113 cm³/mol. The highest BCUT2D eigenvalue weighted by Gasteiger charge is 2.27. The van der Waals surface area contributed by atoms with E-state index in [9.17, 15) is 8.78 Å². The first-order chi connectivity index (χ1) is 15.1. The van der Waals surface area contributed by atoms with E-state index in [1.165, 1.54) is 0 Å². The van der Waals surface area contributed by atoms with Crippen LogP contribution in [0.25, 0.3) is 11.4 Å². The molecular formula is C24H18F2N4O. The second-order valence-corrected chi connectivity index (χ2v) is 7.24. The Labute approximate surface area is 177 Å². The van der Waals surface area contributed by atoms with Gasteiger partial charge in [0.2, 0.25) is 5.75 Å². The van der Waals surface area contributed by atoms with E-state index in [2.05, 4.69) is 21.6 Å². The summed E-state index contributed by atoms with van der Waals surface area (Å²) in [6, 6.07) is 15.5. The molecule has 0 radical (unpaired) electrons. The summed E-state index contributed by atoms with van der Waals surface area (Å²) in [5.41, 5.74) is 4.58. The molecule has 2 aromatic carbocycles. The third-order valence-electron chi connectivity index (χ3n) is 5.24. The molecule has 3 heterocycles. The van der Waals surface area contributed by atoms with Crippen LogP contribution < -0.4 is 4.74 Å². The Kier molecular flexibility index (Phi) is 4.71. The lowest BCUT2D eigenvalue weighted by molar-refractivity contribution is 0.398. The minimum absolute atomic E-state index is 0.364. The zero-order valence-electron chi connectivity index (χ0n) is 16.5. The standard InChI is InChI=1S/C24H18F2N4O/c1-16-23-18(4-2-5-22(23)31-24-20(25)12-27-13-21(24)26)15-29(16)14-17-6-8-19(9-7-17)30-11-3-10-28-30/h2-13H,1,14-15H2. The zero-order valence-corrected chi connectivity index (χ0v) is 16.5. The minimum Gasteiger partial charge on any atom is -0.450 e. The first-order valence-corrected chi connectivity index (χ1v) is 9.72. The van der Waals surface area contributed by atoms with Crippen LogP contribution in [0.2, 0.25) is 0 Å². The highest BCUT2D eigenvalue weighted by Crippen LogP contribution is 2.41. The molecule has 0 atom stereocenters. The number of benzene rings is 2. The molecule has 0 saturated heterocycles. The summed E-state index contributed by atoms with van der Waals surface area (Å²) in [5.74, 6) is -1.81. The summed E-state index contributed by atoms with van der Waals surface area (Å²) in [4.78, 5) is 5.60. The van der Waals surface area contributed by atoms with E-state index in [1.54, 1.807) is 23.0 Å². The normalized spacial score (nSPS) is 12.8. The fourth-order valence-electron chi connectivity index (χ4n) is 3.73. The summed E-state index contributed by atoms with van der Waals surface area (Å²) in [6.45, 7) is 5.49. The van der Waals surface area contributed by atoms with Crippen molar-refractivity contribution in [2.75, 3.05) is 0 Å². The number of fused-ring (bicyclic) bond motifs is 1. The Balaban J connectivity index is 1.37. The molecule has 0 fully saturated rings. The first kappa shape index (κ1) is 19.0.